The molecule has 17 heavy (non-hydrogen) atoms. The third kappa shape index (κ3) is 3.46. The first-order valence-corrected chi connectivity index (χ1v) is 5.88. The van der Waals surface area contributed by atoms with E-state index < -0.39 is 0 Å². The zero-order valence-corrected chi connectivity index (χ0v) is 10.0. The molecule has 1 aliphatic rings. The Morgan fingerprint density at radius 1 is 1.53 bits per heavy atom. The summed E-state index contributed by atoms with van der Waals surface area (Å²) in [5.41, 5.74) is 1.06. The maximum absolute atomic E-state index is 11.6. The van der Waals surface area contributed by atoms with Crippen molar-refractivity contribution in [3.63, 3.8) is 0 Å². The summed E-state index contributed by atoms with van der Waals surface area (Å²) in [7, 11) is 1.64. The molecule has 0 radical (unpaired) electrons. The fraction of sp³-hybridized carbons (Fsp3) is 0.462. The Balaban J connectivity index is 1.77. The van der Waals surface area contributed by atoms with Crippen molar-refractivity contribution in [3.05, 3.63) is 29.8 Å². The van der Waals surface area contributed by atoms with E-state index in [2.05, 4.69) is 10.6 Å². The molecule has 0 atom stereocenters. The van der Waals surface area contributed by atoms with Gasteiger partial charge in [0.25, 0.3) is 0 Å². The highest BCUT2D eigenvalue weighted by molar-refractivity contribution is 5.76. The second kappa shape index (κ2) is 5.68. The molecule has 1 aromatic rings. The third-order valence-corrected chi connectivity index (χ3v) is 2.96. The average molecular weight is 234 g/mol. The van der Waals surface area contributed by atoms with Crippen LogP contribution in [0.1, 0.15) is 12.0 Å². The van der Waals surface area contributed by atoms with Gasteiger partial charge < -0.3 is 15.4 Å². The van der Waals surface area contributed by atoms with Gasteiger partial charge in [-0.2, -0.15) is 0 Å². The van der Waals surface area contributed by atoms with E-state index in [1.165, 1.54) is 0 Å². The van der Waals surface area contributed by atoms with Gasteiger partial charge in [0.05, 0.1) is 7.11 Å². The van der Waals surface area contributed by atoms with E-state index in [0.29, 0.717) is 18.9 Å². The van der Waals surface area contributed by atoms with Crippen LogP contribution < -0.4 is 15.4 Å². The van der Waals surface area contributed by atoms with E-state index in [1.807, 2.05) is 24.3 Å². The molecule has 1 fully saturated rings. The summed E-state index contributed by atoms with van der Waals surface area (Å²) in [5.74, 6) is 1.46. The molecule has 1 saturated heterocycles. The predicted octanol–water partition coefficient (Wildman–Crippen LogP) is 0.921. The van der Waals surface area contributed by atoms with Crippen molar-refractivity contribution in [1.82, 2.24) is 10.6 Å². The molecular weight excluding hydrogens is 216 g/mol. The van der Waals surface area contributed by atoms with Crippen molar-refractivity contribution in [2.75, 3.05) is 20.2 Å². The number of carbonyl (C=O) groups excluding carboxylic acids is 1. The van der Waals surface area contributed by atoms with Gasteiger partial charge in [0.1, 0.15) is 5.75 Å². The van der Waals surface area contributed by atoms with Crippen LogP contribution in [0.15, 0.2) is 24.3 Å². The fourth-order valence-electron chi connectivity index (χ4n) is 1.81. The molecule has 92 valence electrons. The number of amides is 1. The molecule has 2 rings (SSSR count). The van der Waals surface area contributed by atoms with Crippen LogP contribution in [0.2, 0.25) is 0 Å². The molecule has 0 aliphatic carbocycles. The topological polar surface area (TPSA) is 50.4 Å². The van der Waals surface area contributed by atoms with Crippen molar-refractivity contribution >= 4 is 5.91 Å². The fourth-order valence-corrected chi connectivity index (χ4v) is 1.81. The number of hydrogen-bond donors (Lipinski definition) is 2. The second-order valence-corrected chi connectivity index (χ2v) is 4.36. The molecule has 1 aliphatic heterocycles. The lowest BCUT2D eigenvalue weighted by atomic mass is 9.99. The quantitative estimate of drug-likeness (QED) is 0.796. The molecule has 0 aromatic heterocycles. The summed E-state index contributed by atoms with van der Waals surface area (Å²) in [5, 5.41) is 6.09. The van der Waals surface area contributed by atoms with Gasteiger partial charge in [0.2, 0.25) is 5.91 Å². The summed E-state index contributed by atoms with van der Waals surface area (Å²) in [6, 6.07) is 7.74. The van der Waals surface area contributed by atoms with Crippen LogP contribution in [0, 0.1) is 5.92 Å². The van der Waals surface area contributed by atoms with E-state index in [0.717, 1.165) is 24.4 Å². The summed E-state index contributed by atoms with van der Waals surface area (Å²) in [6.45, 7) is 2.50. The van der Waals surface area contributed by atoms with E-state index in [9.17, 15) is 4.79 Å². The molecule has 0 bridgehead atoms. The second-order valence-electron chi connectivity index (χ2n) is 4.36. The van der Waals surface area contributed by atoms with Gasteiger partial charge in [-0.1, -0.05) is 12.1 Å². The van der Waals surface area contributed by atoms with Crippen LogP contribution in [-0.4, -0.2) is 26.1 Å². The molecule has 1 heterocycles. The maximum atomic E-state index is 11.6. The molecule has 1 amide bonds. The standard InChI is InChI=1S/C13H18N2O2/c1-17-12-4-2-3-10(5-12)9-15-13(16)6-11-7-14-8-11/h2-5,11,14H,6-9H2,1H3,(H,15,16). The molecular formula is C13H18N2O2. The first-order chi connectivity index (χ1) is 8.28. The molecule has 0 unspecified atom stereocenters. The highest BCUT2D eigenvalue weighted by Gasteiger charge is 2.19. The molecule has 4 nitrogen and oxygen atoms in total. The minimum Gasteiger partial charge on any atom is -0.497 e. The van der Waals surface area contributed by atoms with Gasteiger partial charge in [0, 0.05) is 13.0 Å². The first-order valence-electron chi connectivity index (χ1n) is 5.88. The van der Waals surface area contributed by atoms with Gasteiger partial charge in [0.15, 0.2) is 0 Å². The predicted molar refractivity (Wildman–Crippen MR) is 65.8 cm³/mol. The highest BCUT2D eigenvalue weighted by atomic mass is 16.5. The Morgan fingerprint density at radius 3 is 3.00 bits per heavy atom. The van der Waals surface area contributed by atoms with Crippen molar-refractivity contribution in [2.45, 2.75) is 13.0 Å². The molecule has 1 aromatic carbocycles. The largest absolute Gasteiger partial charge is 0.497 e. The number of methoxy groups -OCH3 is 1. The lowest BCUT2D eigenvalue weighted by Crippen LogP contribution is -2.44. The Kier molecular flexibility index (Phi) is 3.98. The smallest absolute Gasteiger partial charge is 0.220 e. The van der Waals surface area contributed by atoms with Gasteiger partial charge >= 0.3 is 0 Å². The maximum Gasteiger partial charge on any atom is 0.220 e. The Hall–Kier alpha value is -1.55. The minimum absolute atomic E-state index is 0.124. The normalized spacial score (nSPS) is 15.1. The number of nitrogens with one attached hydrogen (secondary N) is 2. The highest BCUT2D eigenvalue weighted by Crippen LogP contribution is 2.12. The van der Waals surface area contributed by atoms with Crippen LogP contribution in [0.25, 0.3) is 0 Å². The molecule has 0 saturated carbocycles. The van der Waals surface area contributed by atoms with Crippen molar-refractivity contribution in [1.29, 1.82) is 0 Å². The van der Waals surface area contributed by atoms with Gasteiger partial charge in [-0.05, 0) is 36.7 Å². The van der Waals surface area contributed by atoms with Crippen LogP contribution in [0.4, 0.5) is 0 Å². The van der Waals surface area contributed by atoms with Crippen LogP contribution in [0.5, 0.6) is 5.75 Å². The van der Waals surface area contributed by atoms with Gasteiger partial charge in [-0.3, -0.25) is 4.79 Å². The molecule has 0 spiro atoms. The molecule has 2 N–H and O–H groups in total. The number of ether oxygens (including phenoxy) is 1. The van der Waals surface area contributed by atoms with E-state index >= 15 is 0 Å². The minimum atomic E-state index is 0.124. The summed E-state index contributed by atoms with van der Waals surface area (Å²) < 4.78 is 5.13. The van der Waals surface area contributed by atoms with Crippen molar-refractivity contribution in [3.8, 4) is 5.75 Å². The van der Waals surface area contributed by atoms with Gasteiger partial charge in [-0.15, -0.1) is 0 Å². The van der Waals surface area contributed by atoms with E-state index in [1.54, 1.807) is 7.11 Å². The zero-order valence-electron chi connectivity index (χ0n) is 10.0. The zero-order chi connectivity index (χ0) is 12.1. The number of carbonyl (C=O) groups is 1. The Bertz CT molecular complexity index is 389. The van der Waals surface area contributed by atoms with Crippen LogP contribution >= 0.6 is 0 Å². The SMILES string of the molecule is COc1cccc(CNC(=O)CC2CNC2)c1. The van der Waals surface area contributed by atoms with Crippen LogP contribution in [0.3, 0.4) is 0 Å². The van der Waals surface area contributed by atoms with E-state index in [-0.39, 0.29) is 5.91 Å². The summed E-state index contributed by atoms with van der Waals surface area (Å²) in [4.78, 5) is 11.6. The lowest BCUT2D eigenvalue weighted by molar-refractivity contribution is -0.122. The van der Waals surface area contributed by atoms with E-state index in [4.69, 9.17) is 4.74 Å². The first kappa shape index (κ1) is 11.9. The average Bonchev–Trinajstić information content (AvgIpc) is 2.31. The monoisotopic (exact) mass is 234 g/mol. The third-order valence-electron chi connectivity index (χ3n) is 2.96. The summed E-state index contributed by atoms with van der Waals surface area (Å²) in [6.07, 6.45) is 0.622. The van der Waals surface area contributed by atoms with Crippen molar-refractivity contribution < 1.29 is 9.53 Å². The number of benzene rings is 1. The Morgan fingerprint density at radius 2 is 2.35 bits per heavy atom. The summed E-state index contributed by atoms with van der Waals surface area (Å²) >= 11 is 0. The Labute approximate surface area is 101 Å². The number of rotatable bonds is 5. The van der Waals surface area contributed by atoms with Gasteiger partial charge in [-0.25, -0.2) is 0 Å². The number of hydrogen-bond acceptors (Lipinski definition) is 3. The molecule has 4 heteroatoms. The van der Waals surface area contributed by atoms with Crippen molar-refractivity contribution in [2.24, 2.45) is 5.92 Å². The van der Waals surface area contributed by atoms with Crippen LogP contribution in [-0.2, 0) is 11.3 Å². The lowest BCUT2D eigenvalue weighted by Gasteiger charge is -2.26.